The van der Waals surface area contributed by atoms with E-state index in [4.69, 9.17) is 42.5 Å². The van der Waals surface area contributed by atoms with Gasteiger partial charge >= 0.3 is 11.9 Å². The second-order valence-electron chi connectivity index (χ2n) is 14.7. The predicted octanol–water partition coefficient (Wildman–Crippen LogP) is 7.63. The lowest BCUT2D eigenvalue weighted by Crippen LogP contribution is -2.24. The number of nitrogens with zero attached hydrogens (tertiary/aromatic N) is 6. The lowest BCUT2D eigenvalue weighted by molar-refractivity contribution is 0.00690. The Morgan fingerprint density at radius 2 is 1.20 bits per heavy atom. The molecule has 0 radical (unpaired) electrons. The number of carbonyl (C=O) groups excluding carboxylic acids is 1. The van der Waals surface area contributed by atoms with Crippen molar-refractivity contribution in [1.29, 1.82) is 0 Å². The van der Waals surface area contributed by atoms with Crippen LogP contribution >= 0.6 is 23.2 Å². The quantitative estimate of drug-likeness (QED) is 0.142. The summed E-state index contributed by atoms with van der Waals surface area (Å²) in [4.78, 5) is 31.5. The molecule has 0 spiro atoms. The van der Waals surface area contributed by atoms with E-state index in [-0.39, 0.29) is 33.6 Å². The van der Waals surface area contributed by atoms with E-state index in [0.29, 0.717) is 35.2 Å². The maximum atomic E-state index is 12.2. The molecule has 4 fully saturated rings. The first-order valence-corrected chi connectivity index (χ1v) is 17.9. The van der Waals surface area contributed by atoms with E-state index in [1.165, 1.54) is 44.6 Å². The summed E-state index contributed by atoms with van der Waals surface area (Å²) in [6.07, 6.45) is 14.1. The summed E-state index contributed by atoms with van der Waals surface area (Å²) in [5.41, 5.74) is -0.380. The molecule has 14 heteroatoms. The van der Waals surface area contributed by atoms with Crippen molar-refractivity contribution < 1.29 is 28.9 Å². The van der Waals surface area contributed by atoms with E-state index in [2.05, 4.69) is 20.2 Å². The van der Waals surface area contributed by atoms with Gasteiger partial charge in [0, 0.05) is 24.5 Å². The van der Waals surface area contributed by atoms with Crippen LogP contribution in [0.15, 0.2) is 48.8 Å². The predicted molar refractivity (Wildman–Crippen MR) is 185 cm³/mol. The Balaban J connectivity index is 0.000000159. The monoisotopic (exact) mass is 722 g/mol. The van der Waals surface area contributed by atoms with Crippen LogP contribution in [-0.4, -0.2) is 64.4 Å². The number of halogens is 2. The number of hydrogen-bond acceptors (Lipinski definition) is 9. The molecule has 0 amide bonds. The van der Waals surface area contributed by atoms with Gasteiger partial charge in [0.1, 0.15) is 28.1 Å². The van der Waals surface area contributed by atoms with Gasteiger partial charge in [-0.1, -0.05) is 23.2 Å². The van der Waals surface area contributed by atoms with Crippen molar-refractivity contribution in [2.24, 2.45) is 23.7 Å². The third kappa shape index (κ3) is 7.61. The van der Waals surface area contributed by atoms with Gasteiger partial charge in [-0.25, -0.2) is 28.9 Å². The molecule has 0 aliphatic heterocycles. The molecule has 4 heterocycles. The molecular weight excluding hydrogens is 683 g/mol. The van der Waals surface area contributed by atoms with Crippen molar-refractivity contribution >= 4 is 35.1 Å². The summed E-state index contributed by atoms with van der Waals surface area (Å²) in [6.45, 7) is 5.42. The molecule has 1 N–H and O–H groups in total. The van der Waals surface area contributed by atoms with Gasteiger partial charge in [0.15, 0.2) is 11.6 Å². The minimum absolute atomic E-state index is 0.0268. The number of fused-ring (bicyclic) bond motifs is 4. The fourth-order valence-electron chi connectivity index (χ4n) is 7.72. The normalized spacial score (nSPS) is 24.9. The van der Waals surface area contributed by atoms with Crippen LogP contribution in [0.25, 0.3) is 11.6 Å². The van der Waals surface area contributed by atoms with Gasteiger partial charge in [0.2, 0.25) is 11.8 Å². The fourth-order valence-corrected chi connectivity index (χ4v) is 8.17. The molecule has 0 aromatic carbocycles. The summed E-state index contributed by atoms with van der Waals surface area (Å²) < 4.78 is 20.6. The van der Waals surface area contributed by atoms with Gasteiger partial charge in [-0.3, -0.25) is 0 Å². The fraction of sp³-hybridized carbons (Fsp3) is 0.500. The number of aromatic nitrogens is 6. The SMILES string of the molecule is CC(C)(C)OC(=O)c1ccc(-n2ccc(O[C@H]3C[C@H]4CC[C@@H]3C4)n2)nc1Cl.O=C(O)c1ccc(-n2ccc(O[C@H]3C[C@H]4CC[C@@H]3C4)n2)nc1Cl. The van der Waals surface area contributed by atoms with E-state index < -0.39 is 17.5 Å². The van der Waals surface area contributed by atoms with E-state index in [1.54, 1.807) is 46.0 Å². The molecule has 50 heavy (non-hydrogen) atoms. The van der Waals surface area contributed by atoms with Crippen LogP contribution in [0.3, 0.4) is 0 Å². The first-order chi connectivity index (χ1) is 23.9. The van der Waals surface area contributed by atoms with E-state index in [9.17, 15) is 9.59 Å². The number of aromatic carboxylic acids is 1. The summed E-state index contributed by atoms with van der Waals surface area (Å²) in [5, 5.41) is 17.8. The molecule has 0 unspecified atom stereocenters. The largest absolute Gasteiger partial charge is 0.478 e. The lowest BCUT2D eigenvalue weighted by atomic mass is 9.98. The molecular formula is C36H40Cl2N6O6. The smallest absolute Gasteiger partial charge is 0.341 e. The average Bonchev–Trinajstić information content (AvgIpc) is 3.91. The third-order valence-corrected chi connectivity index (χ3v) is 10.6. The highest BCUT2D eigenvalue weighted by atomic mass is 35.5. The Morgan fingerprint density at radius 3 is 1.58 bits per heavy atom. The van der Waals surface area contributed by atoms with Gasteiger partial charge in [-0.05, 0) is 120 Å². The van der Waals surface area contributed by atoms with Crippen molar-refractivity contribution in [2.45, 2.75) is 89.9 Å². The van der Waals surface area contributed by atoms with E-state index in [1.807, 2.05) is 26.8 Å². The Labute approximate surface area is 300 Å². The van der Waals surface area contributed by atoms with Crippen molar-refractivity contribution in [1.82, 2.24) is 29.5 Å². The summed E-state index contributed by atoms with van der Waals surface area (Å²) in [7, 11) is 0. The summed E-state index contributed by atoms with van der Waals surface area (Å²) in [5.74, 6) is 3.52. The van der Waals surface area contributed by atoms with Crippen molar-refractivity contribution in [2.75, 3.05) is 0 Å². The second-order valence-corrected chi connectivity index (χ2v) is 15.4. The first-order valence-electron chi connectivity index (χ1n) is 17.1. The highest BCUT2D eigenvalue weighted by molar-refractivity contribution is 6.32. The van der Waals surface area contributed by atoms with Crippen LogP contribution in [0, 0.1) is 23.7 Å². The molecule has 264 valence electrons. The molecule has 4 aromatic heterocycles. The highest BCUT2D eigenvalue weighted by Crippen LogP contribution is 2.46. The van der Waals surface area contributed by atoms with Crippen LogP contribution in [0.2, 0.25) is 10.3 Å². The van der Waals surface area contributed by atoms with Crippen LogP contribution in [0.5, 0.6) is 11.8 Å². The number of carboxylic acid groups (broad SMARTS) is 1. The van der Waals surface area contributed by atoms with E-state index >= 15 is 0 Å². The van der Waals surface area contributed by atoms with Gasteiger partial charge < -0.3 is 19.3 Å². The zero-order chi connectivity index (χ0) is 35.2. The molecule has 4 saturated carbocycles. The van der Waals surface area contributed by atoms with E-state index in [0.717, 1.165) is 24.7 Å². The topological polar surface area (TPSA) is 143 Å². The number of carboxylic acids is 1. The van der Waals surface area contributed by atoms with Gasteiger partial charge in [0.25, 0.3) is 0 Å². The van der Waals surface area contributed by atoms with Gasteiger partial charge in [0.05, 0.1) is 11.1 Å². The van der Waals surface area contributed by atoms with Crippen LogP contribution < -0.4 is 9.47 Å². The molecule has 8 rings (SSSR count). The molecule has 12 nitrogen and oxygen atoms in total. The van der Waals surface area contributed by atoms with Crippen LogP contribution in [-0.2, 0) is 4.74 Å². The Kier molecular flexibility index (Phi) is 9.51. The molecule has 4 aromatic rings. The number of pyridine rings is 2. The summed E-state index contributed by atoms with van der Waals surface area (Å²) in [6, 6.07) is 9.93. The molecule has 4 aliphatic rings. The zero-order valence-electron chi connectivity index (χ0n) is 28.2. The molecule has 6 atom stereocenters. The highest BCUT2D eigenvalue weighted by Gasteiger charge is 2.42. The maximum Gasteiger partial charge on any atom is 0.341 e. The van der Waals surface area contributed by atoms with Crippen LogP contribution in [0.4, 0.5) is 0 Å². The Bertz CT molecular complexity index is 1890. The first kappa shape index (κ1) is 34.3. The molecule has 0 saturated heterocycles. The molecule has 4 aliphatic carbocycles. The Hall–Kier alpha value is -4.16. The summed E-state index contributed by atoms with van der Waals surface area (Å²) >= 11 is 12.1. The minimum Gasteiger partial charge on any atom is -0.478 e. The molecule has 4 bridgehead atoms. The number of ether oxygens (including phenoxy) is 3. The van der Waals surface area contributed by atoms with Gasteiger partial charge in [-0.15, -0.1) is 10.2 Å². The minimum atomic E-state index is -1.10. The third-order valence-electron chi connectivity index (χ3n) is 10.0. The van der Waals surface area contributed by atoms with Crippen molar-refractivity contribution in [3.8, 4) is 23.4 Å². The van der Waals surface area contributed by atoms with Crippen molar-refractivity contribution in [3.63, 3.8) is 0 Å². The van der Waals surface area contributed by atoms with Gasteiger partial charge in [-0.2, -0.15) is 0 Å². The van der Waals surface area contributed by atoms with Crippen molar-refractivity contribution in [3.05, 3.63) is 70.2 Å². The number of carbonyl (C=O) groups is 2. The standard InChI is InChI=1S/C20H24ClN3O3.C16H16ClN3O3/c1-20(2,3)27-19(25)14-6-7-16(22-18(14)21)24-9-8-17(23-24)26-15-11-12-4-5-13(15)10-12;17-15-11(16(21)22)3-4-13(18-15)20-6-5-14(19-20)23-12-8-9-1-2-10(12)7-9/h6-9,12-13,15H,4-5,10-11H2,1-3H3;3-6,9-10,12H,1-2,7-8H2,(H,21,22)/t12-,13+,15-;9-,10+,12-/m00/s1. The van der Waals surface area contributed by atoms with Crippen LogP contribution in [0.1, 0.15) is 92.9 Å². The number of rotatable bonds is 8. The number of esters is 1. The lowest BCUT2D eigenvalue weighted by Gasteiger charge is -2.21. The Morgan fingerprint density at radius 1 is 0.720 bits per heavy atom. The average molecular weight is 724 g/mol. The second kappa shape index (κ2) is 13.9. The maximum absolute atomic E-state index is 12.2. The number of hydrogen-bond donors (Lipinski definition) is 1. The zero-order valence-corrected chi connectivity index (χ0v) is 29.7.